The van der Waals surface area contributed by atoms with Crippen molar-refractivity contribution in [3.05, 3.63) is 74.9 Å². The molecule has 2 aromatic carbocycles. The van der Waals surface area contributed by atoms with E-state index in [9.17, 15) is 14.4 Å². The van der Waals surface area contributed by atoms with Crippen LogP contribution in [0.1, 0.15) is 15.9 Å². The monoisotopic (exact) mass is 436 g/mol. The van der Waals surface area contributed by atoms with Crippen LogP contribution in [0, 0.1) is 0 Å². The SMILES string of the molecule is O=C(O)CNC(=O)C(=Cc1ccc(Cl)cc1)NC(=O)c1ccc(Br)cc1. The summed E-state index contributed by atoms with van der Waals surface area (Å²) in [4.78, 5) is 35.3. The summed E-state index contributed by atoms with van der Waals surface area (Å²) in [6.45, 7) is -0.565. The third kappa shape index (κ3) is 6.02. The fourth-order valence-electron chi connectivity index (χ4n) is 1.93. The van der Waals surface area contributed by atoms with Gasteiger partial charge in [0.2, 0.25) is 0 Å². The first-order chi connectivity index (χ1) is 12.3. The molecule has 0 heterocycles. The number of rotatable bonds is 6. The molecule has 2 aromatic rings. The van der Waals surface area contributed by atoms with Gasteiger partial charge in [0.1, 0.15) is 12.2 Å². The maximum absolute atomic E-state index is 12.4. The summed E-state index contributed by atoms with van der Waals surface area (Å²) in [5.41, 5.74) is 0.883. The highest BCUT2D eigenvalue weighted by Gasteiger charge is 2.15. The van der Waals surface area contributed by atoms with Crippen molar-refractivity contribution in [2.24, 2.45) is 0 Å². The number of amides is 2. The minimum Gasteiger partial charge on any atom is -0.480 e. The predicted octanol–water partition coefficient (Wildman–Crippen LogP) is 3.07. The van der Waals surface area contributed by atoms with Crippen molar-refractivity contribution >= 4 is 51.4 Å². The number of carbonyl (C=O) groups is 3. The van der Waals surface area contributed by atoms with Crippen LogP contribution in [0.25, 0.3) is 6.08 Å². The van der Waals surface area contributed by atoms with Gasteiger partial charge in [-0.15, -0.1) is 0 Å². The van der Waals surface area contributed by atoms with E-state index in [-0.39, 0.29) is 5.70 Å². The lowest BCUT2D eigenvalue weighted by Crippen LogP contribution is -2.37. The number of hydrogen-bond donors (Lipinski definition) is 3. The standard InChI is InChI=1S/C18H14BrClN2O4/c19-13-5-3-12(4-6-13)17(25)22-15(18(26)21-10-16(23)24)9-11-1-7-14(20)8-2-11/h1-9H,10H2,(H,21,26)(H,22,25)(H,23,24). The lowest BCUT2D eigenvalue weighted by atomic mass is 10.1. The second-order valence-electron chi connectivity index (χ2n) is 5.15. The predicted molar refractivity (Wildman–Crippen MR) is 102 cm³/mol. The van der Waals surface area contributed by atoms with E-state index in [2.05, 4.69) is 26.6 Å². The van der Waals surface area contributed by atoms with E-state index in [0.29, 0.717) is 16.1 Å². The Bertz CT molecular complexity index is 848. The van der Waals surface area contributed by atoms with E-state index in [1.54, 1.807) is 48.5 Å². The third-order valence-corrected chi connectivity index (χ3v) is 3.96. The van der Waals surface area contributed by atoms with Gasteiger partial charge in [-0.05, 0) is 48.0 Å². The summed E-state index contributed by atoms with van der Waals surface area (Å²) in [5.74, 6) is -2.40. The zero-order valence-corrected chi connectivity index (χ0v) is 15.7. The van der Waals surface area contributed by atoms with Crippen LogP contribution < -0.4 is 10.6 Å². The summed E-state index contributed by atoms with van der Waals surface area (Å²) in [5, 5.41) is 14.0. The molecule has 6 nitrogen and oxygen atoms in total. The highest BCUT2D eigenvalue weighted by atomic mass is 79.9. The Morgan fingerprint density at radius 2 is 1.65 bits per heavy atom. The Morgan fingerprint density at radius 1 is 1.04 bits per heavy atom. The molecular weight excluding hydrogens is 424 g/mol. The molecule has 0 saturated carbocycles. The second-order valence-corrected chi connectivity index (χ2v) is 6.50. The van der Waals surface area contributed by atoms with Crippen molar-refractivity contribution in [1.29, 1.82) is 0 Å². The molecule has 0 bridgehead atoms. The lowest BCUT2D eigenvalue weighted by Gasteiger charge is -2.10. The average Bonchev–Trinajstić information content (AvgIpc) is 2.61. The topological polar surface area (TPSA) is 95.5 Å². The van der Waals surface area contributed by atoms with E-state index in [1.807, 2.05) is 0 Å². The van der Waals surface area contributed by atoms with Gasteiger partial charge < -0.3 is 15.7 Å². The molecule has 3 N–H and O–H groups in total. The molecular formula is C18H14BrClN2O4. The first kappa shape index (κ1) is 19.7. The molecule has 0 unspecified atom stereocenters. The molecule has 2 rings (SSSR count). The number of benzene rings is 2. The van der Waals surface area contributed by atoms with Gasteiger partial charge in [-0.3, -0.25) is 14.4 Å². The fraction of sp³-hybridized carbons (Fsp3) is 0.0556. The van der Waals surface area contributed by atoms with Crippen LogP contribution in [0.3, 0.4) is 0 Å². The van der Waals surface area contributed by atoms with Gasteiger partial charge >= 0.3 is 5.97 Å². The van der Waals surface area contributed by atoms with E-state index in [4.69, 9.17) is 16.7 Å². The molecule has 0 aromatic heterocycles. The molecule has 0 spiro atoms. The van der Waals surface area contributed by atoms with E-state index in [1.165, 1.54) is 6.08 Å². The fourth-order valence-corrected chi connectivity index (χ4v) is 2.32. The number of aliphatic carboxylic acids is 1. The van der Waals surface area contributed by atoms with Crippen molar-refractivity contribution in [1.82, 2.24) is 10.6 Å². The normalized spacial score (nSPS) is 10.9. The molecule has 0 aliphatic rings. The Hall–Kier alpha value is -2.64. The maximum atomic E-state index is 12.4. The second kappa shape index (κ2) is 9.17. The number of hydrogen-bond acceptors (Lipinski definition) is 3. The number of halogens is 2. The molecule has 26 heavy (non-hydrogen) atoms. The molecule has 134 valence electrons. The summed E-state index contributed by atoms with van der Waals surface area (Å²) < 4.78 is 0.810. The number of nitrogens with one attached hydrogen (secondary N) is 2. The van der Waals surface area contributed by atoms with Gasteiger partial charge in [-0.1, -0.05) is 39.7 Å². The van der Waals surface area contributed by atoms with Crippen molar-refractivity contribution in [3.8, 4) is 0 Å². The van der Waals surface area contributed by atoms with E-state index >= 15 is 0 Å². The van der Waals surface area contributed by atoms with Gasteiger partial charge in [-0.25, -0.2) is 0 Å². The molecule has 8 heteroatoms. The third-order valence-electron chi connectivity index (χ3n) is 3.18. The zero-order chi connectivity index (χ0) is 19.1. The van der Waals surface area contributed by atoms with Crippen LogP contribution in [0.2, 0.25) is 5.02 Å². The van der Waals surface area contributed by atoms with E-state index in [0.717, 1.165) is 4.47 Å². The van der Waals surface area contributed by atoms with Crippen LogP contribution in [-0.4, -0.2) is 29.4 Å². The molecule has 0 saturated heterocycles. The van der Waals surface area contributed by atoms with Crippen LogP contribution in [0.15, 0.2) is 58.7 Å². The summed E-state index contributed by atoms with van der Waals surface area (Å²) in [7, 11) is 0. The minimum absolute atomic E-state index is 0.0820. The molecule has 0 radical (unpaired) electrons. The van der Waals surface area contributed by atoms with Gasteiger partial charge in [0.15, 0.2) is 0 Å². The molecule has 0 aliphatic carbocycles. The maximum Gasteiger partial charge on any atom is 0.322 e. The van der Waals surface area contributed by atoms with Crippen molar-refractivity contribution < 1.29 is 19.5 Å². The van der Waals surface area contributed by atoms with Gasteiger partial charge in [-0.2, -0.15) is 0 Å². The highest BCUT2D eigenvalue weighted by molar-refractivity contribution is 9.10. The Kier molecular flexibility index (Phi) is 6.94. The van der Waals surface area contributed by atoms with Crippen LogP contribution in [0.5, 0.6) is 0 Å². The number of carboxylic acids is 1. The highest BCUT2D eigenvalue weighted by Crippen LogP contribution is 2.13. The molecule has 2 amide bonds. The minimum atomic E-state index is -1.19. The molecule has 0 aliphatic heterocycles. The van der Waals surface area contributed by atoms with Crippen LogP contribution in [0.4, 0.5) is 0 Å². The Balaban J connectivity index is 2.25. The molecule has 0 atom stereocenters. The van der Waals surface area contributed by atoms with Gasteiger partial charge in [0.25, 0.3) is 11.8 Å². The largest absolute Gasteiger partial charge is 0.480 e. The number of carboxylic acid groups (broad SMARTS) is 1. The number of carbonyl (C=O) groups excluding carboxylic acids is 2. The van der Waals surface area contributed by atoms with Crippen molar-refractivity contribution in [3.63, 3.8) is 0 Å². The average molecular weight is 438 g/mol. The smallest absolute Gasteiger partial charge is 0.322 e. The zero-order valence-electron chi connectivity index (χ0n) is 13.3. The Labute approximate surface area is 163 Å². The van der Waals surface area contributed by atoms with Crippen LogP contribution in [-0.2, 0) is 9.59 Å². The first-order valence-corrected chi connectivity index (χ1v) is 8.56. The van der Waals surface area contributed by atoms with Crippen molar-refractivity contribution in [2.45, 2.75) is 0 Å². The van der Waals surface area contributed by atoms with E-state index < -0.39 is 24.3 Å². The summed E-state index contributed by atoms with van der Waals surface area (Å²) in [6.07, 6.45) is 1.43. The first-order valence-electron chi connectivity index (χ1n) is 7.39. The Morgan fingerprint density at radius 3 is 2.23 bits per heavy atom. The quantitative estimate of drug-likeness (QED) is 0.605. The lowest BCUT2D eigenvalue weighted by molar-refractivity contribution is -0.137. The van der Waals surface area contributed by atoms with Gasteiger partial charge in [0.05, 0.1) is 0 Å². The van der Waals surface area contributed by atoms with Crippen LogP contribution >= 0.6 is 27.5 Å². The van der Waals surface area contributed by atoms with Crippen molar-refractivity contribution in [2.75, 3.05) is 6.54 Å². The summed E-state index contributed by atoms with van der Waals surface area (Å²) >= 11 is 9.11. The summed E-state index contributed by atoms with van der Waals surface area (Å²) in [6, 6.07) is 13.2. The molecule has 0 fully saturated rings. The van der Waals surface area contributed by atoms with Gasteiger partial charge in [0, 0.05) is 15.1 Å².